The molecule has 3 rings (SSSR count). The molecule has 1 fully saturated rings. The summed E-state index contributed by atoms with van der Waals surface area (Å²) < 4.78 is 13.1. The Morgan fingerprint density at radius 2 is 2.08 bits per heavy atom. The van der Waals surface area contributed by atoms with Crippen LogP contribution in [0.4, 0.5) is 15.0 Å². The highest BCUT2D eigenvalue weighted by atomic mass is 19.1. The molecule has 6 heteroatoms. The van der Waals surface area contributed by atoms with Gasteiger partial charge in [0.15, 0.2) is 5.82 Å². The summed E-state index contributed by atoms with van der Waals surface area (Å²) in [6.07, 6.45) is 3.85. The molecule has 2 aromatic rings. The van der Waals surface area contributed by atoms with E-state index in [0.29, 0.717) is 23.6 Å². The number of anilines is 1. The molecular weight excluding hydrogens is 307 g/mol. The lowest BCUT2D eigenvalue weighted by Crippen LogP contribution is -2.57. The van der Waals surface area contributed by atoms with Crippen LogP contribution in [0.2, 0.25) is 0 Å². The molecule has 122 valence electrons. The van der Waals surface area contributed by atoms with Crippen LogP contribution in [0, 0.1) is 17.7 Å². The first kappa shape index (κ1) is 15.9. The summed E-state index contributed by atoms with van der Waals surface area (Å²) in [4.78, 5) is 22.1. The van der Waals surface area contributed by atoms with Crippen LogP contribution in [0.5, 0.6) is 0 Å². The van der Waals surface area contributed by atoms with Crippen molar-refractivity contribution in [2.24, 2.45) is 0 Å². The number of hydrogen-bond acceptors (Lipinski definition) is 3. The highest BCUT2D eigenvalue weighted by Gasteiger charge is 2.31. The highest BCUT2D eigenvalue weighted by molar-refractivity contribution is 5.92. The van der Waals surface area contributed by atoms with Gasteiger partial charge in [0.05, 0.1) is 12.4 Å². The Bertz CT molecular complexity index is 821. The molecule has 1 aromatic heterocycles. The van der Waals surface area contributed by atoms with Gasteiger partial charge in [0.1, 0.15) is 11.5 Å². The largest absolute Gasteiger partial charge is 0.333 e. The fourth-order valence-corrected chi connectivity index (χ4v) is 2.36. The lowest BCUT2D eigenvalue weighted by molar-refractivity contribution is 0.224. The van der Waals surface area contributed by atoms with Gasteiger partial charge >= 0.3 is 6.03 Å². The van der Waals surface area contributed by atoms with Crippen molar-refractivity contribution in [1.29, 1.82) is 0 Å². The van der Waals surface area contributed by atoms with Crippen molar-refractivity contribution >= 4 is 11.8 Å². The Balaban J connectivity index is 1.74. The number of amides is 2. The van der Waals surface area contributed by atoms with Crippen LogP contribution in [0.1, 0.15) is 31.5 Å². The van der Waals surface area contributed by atoms with Crippen LogP contribution in [-0.2, 0) is 0 Å². The second kappa shape index (κ2) is 6.28. The van der Waals surface area contributed by atoms with Gasteiger partial charge in [-0.2, -0.15) is 0 Å². The number of carbonyl (C=O) groups excluding carboxylic acids is 1. The number of nitrogens with one attached hydrogen (secondary N) is 1. The molecule has 0 atom stereocenters. The normalized spacial score (nSPS) is 16.1. The summed E-state index contributed by atoms with van der Waals surface area (Å²) in [5.41, 5.74) is 0.816. The van der Waals surface area contributed by atoms with E-state index in [1.54, 1.807) is 17.0 Å². The third-order valence-corrected chi connectivity index (χ3v) is 3.73. The van der Waals surface area contributed by atoms with Crippen molar-refractivity contribution in [2.75, 3.05) is 11.4 Å². The van der Waals surface area contributed by atoms with Crippen LogP contribution in [-0.4, -0.2) is 28.1 Å². The predicted molar refractivity (Wildman–Crippen MR) is 89.0 cm³/mol. The minimum atomic E-state index is -0.331. The second-order valence-corrected chi connectivity index (χ2v) is 6.24. The van der Waals surface area contributed by atoms with Crippen molar-refractivity contribution < 1.29 is 9.18 Å². The number of carbonyl (C=O) groups is 1. The van der Waals surface area contributed by atoms with Crippen molar-refractivity contribution in [2.45, 2.75) is 25.8 Å². The fourth-order valence-electron chi connectivity index (χ4n) is 2.36. The molecule has 1 aromatic carbocycles. The van der Waals surface area contributed by atoms with Gasteiger partial charge in [-0.15, -0.1) is 0 Å². The molecular formula is C18H17FN4O. The van der Waals surface area contributed by atoms with E-state index in [0.717, 1.165) is 6.42 Å². The number of rotatable bonds is 1. The first-order chi connectivity index (χ1) is 11.4. The van der Waals surface area contributed by atoms with Crippen LogP contribution in [0.25, 0.3) is 0 Å². The van der Waals surface area contributed by atoms with E-state index >= 15 is 0 Å². The highest BCUT2D eigenvalue weighted by Crippen LogP contribution is 2.20. The average molecular weight is 324 g/mol. The predicted octanol–water partition coefficient (Wildman–Crippen LogP) is 2.71. The Morgan fingerprint density at radius 3 is 2.75 bits per heavy atom. The second-order valence-electron chi connectivity index (χ2n) is 6.24. The molecule has 0 aliphatic carbocycles. The molecule has 0 saturated carbocycles. The first-order valence-corrected chi connectivity index (χ1v) is 7.62. The third kappa shape index (κ3) is 3.69. The third-order valence-electron chi connectivity index (χ3n) is 3.73. The molecule has 1 N–H and O–H groups in total. The summed E-state index contributed by atoms with van der Waals surface area (Å²) in [5, 5.41) is 2.93. The molecule has 2 heterocycles. The maximum atomic E-state index is 13.1. The summed E-state index contributed by atoms with van der Waals surface area (Å²) in [5.74, 6) is 5.82. The van der Waals surface area contributed by atoms with Gasteiger partial charge in [0, 0.05) is 17.6 Å². The molecule has 24 heavy (non-hydrogen) atoms. The van der Waals surface area contributed by atoms with Gasteiger partial charge < -0.3 is 5.32 Å². The number of halogens is 1. The molecule has 0 unspecified atom stereocenters. The minimum absolute atomic E-state index is 0.181. The summed E-state index contributed by atoms with van der Waals surface area (Å²) in [6, 6.07) is 5.86. The van der Waals surface area contributed by atoms with E-state index in [1.807, 2.05) is 13.8 Å². The first-order valence-electron chi connectivity index (χ1n) is 7.62. The SMILES string of the molecule is CC1(C)CCN(c2cnc(C#Cc3cccc(F)c3)cn2)C(=O)N1. The number of nitrogens with zero attached hydrogens (tertiary/aromatic N) is 3. The van der Waals surface area contributed by atoms with Crippen LogP contribution >= 0.6 is 0 Å². The van der Waals surface area contributed by atoms with Gasteiger partial charge in [-0.25, -0.2) is 19.2 Å². The molecule has 1 aliphatic heterocycles. The molecule has 2 amide bonds. The van der Waals surface area contributed by atoms with E-state index in [1.165, 1.54) is 24.5 Å². The van der Waals surface area contributed by atoms with E-state index in [9.17, 15) is 9.18 Å². The Morgan fingerprint density at radius 1 is 1.25 bits per heavy atom. The molecule has 1 aliphatic rings. The Labute approximate surface area is 139 Å². The molecule has 0 bridgehead atoms. The number of benzene rings is 1. The minimum Gasteiger partial charge on any atom is -0.333 e. The Hall–Kier alpha value is -2.94. The van der Waals surface area contributed by atoms with Gasteiger partial charge in [-0.1, -0.05) is 12.0 Å². The fraction of sp³-hybridized carbons (Fsp3) is 0.278. The van der Waals surface area contributed by atoms with Crippen molar-refractivity contribution in [1.82, 2.24) is 15.3 Å². The summed E-state index contributed by atoms with van der Waals surface area (Å²) in [7, 11) is 0. The quantitative estimate of drug-likeness (QED) is 0.821. The van der Waals surface area contributed by atoms with Crippen LogP contribution in [0.3, 0.4) is 0 Å². The number of hydrogen-bond donors (Lipinski definition) is 1. The van der Waals surface area contributed by atoms with Gasteiger partial charge in [-0.05, 0) is 44.4 Å². The van der Waals surface area contributed by atoms with Crippen molar-refractivity contribution in [3.05, 3.63) is 53.7 Å². The zero-order valence-electron chi connectivity index (χ0n) is 13.5. The lowest BCUT2D eigenvalue weighted by atomic mass is 9.98. The number of urea groups is 1. The van der Waals surface area contributed by atoms with E-state index in [2.05, 4.69) is 27.1 Å². The van der Waals surface area contributed by atoms with E-state index < -0.39 is 0 Å². The van der Waals surface area contributed by atoms with Crippen LogP contribution < -0.4 is 10.2 Å². The monoisotopic (exact) mass is 324 g/mol. The van der Waals surface area contributed by atoms with Gasteiger partial charge in [-0.3, -0.25) is 4.90 Å². The Kier molecular flexibility index (Phi) is 4.17. The zero-order valence-corrected chi connectivity index (χ0v) is 13.5. The van der Waals surface area contributed by atoms with Crippen molar-refractivity contribution in [3.63, 3.8) is 0 Å². The molecule has 0 radical (unpaired) electrons. The van der Waals surface area contributed by atoms with E-state index in [-0.39, 0.29) is 17.4 Å². The topological polar surface area (TPSA) is 58.1 Å². The van der Waals surface area contributed by atoms with E-state index in [4.69, 9.17) is 0 Å². The molecule has 0 spiro atoms. The average Bonchev–Trinajstić information content (AvgIpc) is 2.53. The smallest absolute Gasteiger partial charge is 0.323 e. The van der Waals surface area contributed by atoms with Crippen LogP contribution in [0.15, 0.2) is 36.7 Å². The van der Waals surface area contributed by atoms with Crippen molar-refractivity contribution in [3.8, 4) is 11.8 Å². The van der Waals surface area contributed by atoms with Gasteiger partial charge in [0.25, 0.3) is 0 Å². The van der Waals surface area contributed by atoms with Gasteiger partial charge in [0.2, 0.25) is 0 Å². The standard InChI is InChI=1S/C18H17FN4O/c1-18(2)8-9-23(17(24)22-18)16-12-20-15(11-21-16)7-6-13-4-3-5-14(19)10-13/h3-5,10-12H,8-9H2,1-2H3,(H,22,24). The maximum absolute atomic E-state index is 13.1. The summed E-state index contributed by atoms with van der Waals surface area (Å²) >= 11 is 0. The lowest BCUT2D eigenvalue weighted by Gasteiger charge is -2.37. The number of aromatic nitrogens is 2. The summed E-state index contributed by atoms with van der Waals surface area (Å²) in [6.45, 7) is 4.56. The molecule has 1 saturated heterocycles. The molecule has 5 nitrogen and oxygen atoms in total. The maximum Gasteiger partial charge on any atom is 0.323 e. The zero-order chi connectivity index (χ0) is 17.2.